The molecule has 0 aliphatic carbocycles. The van der Waals surface area contributed by atoms with Gasteiger partial charge >= 0.3 is 0 Å². The Hall–Kier alpha value is -1.82. The van der Waals surface area contributed by atoms with Gasteiger partial charge in [-0.1, -0.05) is 12.1 Å². The molecule has 0 amide bonds. The molecular weight excluding hydrogens is 461 g/mol. The molecule has 0 spiro atoms. The van der Waals surface area contributed by atoms with Crippen LogP contribution in [-0.4, -0.2) is 48.5 Å². The molecule has 3 aromatic rings. The van der Waals surface area contributed by atoms with Gasteiger partial charge in [-0.15, -0.1) is 0 Å². The van der Waals surface area contributed by atoms with Crippen molar-refractivity contribution in [3.05, 3.63) is 46.1 Å². The van der Waals surface area contributed by atoms with Gasteiger partial charge in [0.2, 0.25) is 0 Å². The quantitative estimate of drug-likeness (QED) is 0.481. The van der Waals surface area contributed by atoms with Gasteiger partial charge in [-0.3, -0.25) is 4.57 Å². The normalized spacial score (nSPS) is 23.6. The number of nitrogens with zero attached hydrogens (tertiary/aromatic N) is 4. The highest BCUT2D eigenvalue weighted by Crippen LogP contribution is 2.32. The van der Waals surface area contributed by atoms with Crippen molar-refractivity contribution in [1.29, 1.82) is 0 Å². The molecule has 27 heavy (non-hydrogen) atoms. The van der Waals surface area contributed by atoms with Gasteiger partial charge < -0.3 is 20.3 Å². The summed E-state index contributed by atoms with van der Waals surface area (Å²) in [4.78, 5) is 13.1. The topological polar surface area (TPSA) is 105 Å². The van der Waals surface area contributed by atoms with Crippen LogP contribution in [0.4, 0.5) is 5.82 Å². The summed E-state index contributed by atoms with van der Waals surface area (Å²) in [5, 5.41) is 22.7. The van der Waals surface area contributed by atoms with Crippen molar-refractivity contribution < 1.29 is 14.9 Å². The number of benzene rings is 1. The zero-order chi connectivity index (χ0) is 19.0. The van der Waals surface area contributed by atoms with Gasteiger partial charge in [-0.05, 0) is 47.2 Å². The summed E-state index contributed by atoms with van der Waals surface area (Å²) in [5.41, 5.74) is 2.41. The molecule has 0 saturated carbocycles. The average Bonchev–Trinajstić information content (AvgIpc) is 3.26. The predicted molar refractivity (Wildman–Crippen MR) is 108 cm³/mol. The molecule has 3 N–H and O–H groups in total. The van der Waals surface area contributed by atoms with Gasteiger partial charge in [-0.25, -0.2) is 15.0 Å². The minimum absolute atomic E-state index is 0.0496. The zero-order valence-corrected chi connectivity index (χ0v) is 16.8. The Bertz CT molecular complexity index is 932. The van der Waals surface area contributed by atoms with Crippen LogP contribution in [0.3, 0.4) is 0 Å². The van der Waals surface area contributed by atoms with Crippen LogP contribution in [0.15, 0.2) is 36.9 Å². The van der Waals surface area contributed by atoms with Crippen LogP contribution >= 0.6 is 22.6 Å². The standard InChI is InChI=1S/C18H20IN5O3/c1-10(11-2-4-12(19)5-3-11)23-17-16-18(21-8-20-17)24(9-22-16)15-6-13(26)14(7-25)27-15/h2-5,8-10,13-15,25-26H,6-7H2,1H3,(H,20,21,23)/t10?,13-,14+,15+/m0/s1. The number of imidazole rings is 1. The molecule has 3 heterocycles. The van der Waals surface area contributed by atoms with E-state index in [-0.39, 0.29) is 12.6 Å². The largest absolute Gasteiger partial charge is 0.394 e. The number of rotatable bonds is 5. The summed E-state index contributed by atoms with van der Waals surface area (Å²) in [6.45, 7) is 1.84. The van der Waals surface area contributed by atoms with Gasteiger partial charge in [0.05, 0.1) is 25.1 Å². The molecule has 9 heteroatoms. The van der Waals surface area contributed by atoms with E-state index in [1.165, 1.54) is 9.90 Å². The van der Waals surface area contributed by atoms with Crippen molar-refractivity contribution in [3.63, 3.8) is 0 Å². The monoisotopic (exact) mass is 481 g/mol. The van der Waals surface area contributed by atoms with Crippen molar-refractivity contribution >= 4 is 39.6 Å². The molecule has 2 aromatic heterocycles. The maximum absolute atomic E-state index is 9.98. The number of ether oxygens (including phenoxy) is 1. The molecule has 0 bridgehead atoms. The first-order valence-electron chi connectivity index (χ1n) is 8.70. The third-order valence-electron chi connectivity index (χ3n) is 4.78. The second-order valence-electron chi connectivity index (χ2n) is 6.58. The number of aliphatic hydroxyl groups is 2. The highest BCUT2D eigenvalue weighted by molar-refractivity contribution is 14.1. The molecular formula is C18H20IN5O3. The maximum atomic E-state index is 9.98. The van der Waals surface area contributed by atoms with Gasteiger partial charge in [0, 0.05) is 9.99 Å². The minimum Gasteiger partial charge on any atom is -0.394 e. The smallest absolute Gasteiger partial charge is 0.167 e. The van der Waals surface area contributed by atoms with Crippen LogP contribution in [0.25, 0.3) is 11.2 Å². The minimum atomic E-state index is -0.710. The van der Waals surface area contributed by atoms with Gasteiger partial charge in [-0.2, -0.15) is 0 Å². The number of aliphatic hydroxyl groups excluding tert-OH is 2. The zero-order valence-electron chi connectivity index (χ0n) is 14.7. The van der Waals surface area contributed by atoms with Crippen molar-refractivity contribution in [1.82, 2.24) is 19.5 Å². The van der Waals surface area contributed by atoms with Crippen LogP contribution in [-0.2, 0) is 4.74 Å². The second-order valence-corrected chi connectivity index (χ2v) is 7.82. The predicted octanol–water partition coefficient (Wildman–Crippen LogP) is 2.24. The van der Waals surface area contributed by atoms with E-state index in [4.69, 9.17) is 4.74 Å². The molecule has 1 aromatic carbocycles. The second kappa shape index (κ2) is 7.66. The van der Waals surface area contributed by atoms with Crippen LogP contribution in [0.5, 0.6) is 0 Å². The van der Waals surface area contributed by atoms with Gasteiger partial charge in [0.15, 0.2) is 17.0 Å². The molecule has 1 unspecified atom stereocenters. The van der Waals surface area contributed by atoms with Crippen molar-refractivity contribution in [2.45, 2.75) is 37.8 Å². The lowest BCUT2D eigenvalue weighted by atomic mass is 10.1. The molecule has 8 nitrogen and oxygen atoms in total. The Morgan fingerprint density at radius 2 is 2.07 bits per heavy atom. The Kier molecular flexibility index (Phi) is 5.26. The third kappa shape index (κ3) is 3.64. The molecule has 1 saturated heterocycles. The van der Waals surface area contributed by atoms with Crippen molar-refractivity contribution in [2.75, 3.05) is 11.9 Å². The summed E-state index contributed by atoms with van der Waals surface area (Å²) >= 11 is 2.28. The molecule has 4 rings (SSSR count). The average molecular weight is 481 g/mol. The fraction of sp³-hybridized carbons (Fsp3) is 0.389. The highest BCUT2D eigenvalue weighted by Gasteiger charge is 2.35. The summed E-state index contributed by atoms with van der Waals surface area (Å²) in [6.07, 6.45) is 1.78. The number of halogens is 1. The molecule has 0 radical (unpaired) electrons. The molecule has 4 atom stereocenters. The number of hydrogen-bond donors (Lipinski definition) is 3. The summed E-state index contributed by atoms with van der Waals surface area (Å²) in [6, 6.07) is 8.35. The van der Waals surface area contributed by atoms with E-state index in [0.717, 1.165) is 5.56 Å². The lowest BCUT2D eigenvalue weighted by Gasteiger charge is -2.16. The summed E-state index contributed by atoms with van der Waals surface area (Å²) in [7, 11) is 0. The van der Waals surface area contributed by atoms with E-state index in [0.29, 0.717) is 23.4 Å². The van der Waals surface area contributed by atoms with E-state index in [9.17, 15) is 10.2 Å². The Balaban J connectivity index is 1.60. The Labute approximate surface area is 169 Å². The first kappa shape index (κ1) is 18.5. The Morgan fingerprint density at radius 3 is 2.78 bits per heavy atom. The number of fused-ring (bicyclic) bond motifs is 1. The fourth-order valence-electron chi connectivity index (χ4n) is 3.26. The van der Waals surface area contributed by atoms with E-state index in [1.54, 1.807) is 10.9 Å². The molecule has 1 fully saturated rings. The first-order chi connectivity index (χ1) is 13.1. The van der Waals surface area contributed by atoms with Gasteiger partial charge in [0.25, 0.3) is 0 Å². The third-order valence-corrected chi connectivity index (χ3v) is 5.50. The number of hydrogen-bond acceptors (Lipinski definition) is 7. The first-order valence-corrected chi connectivity index (χ1v) is 9.78. The van der Waals surface area contributed by atoms with Crippen LogP contribution in [0, 0.1) is 3.57 Å². The molecule has 1 aliphatic rings. The van der Waals surface area contributed by atoms with E-state index in [1.807, 2.05) is 0 Å². The summed E-state index contributed by atoms with van der Waals surface area (Å²) < 4.78 is 8.68. The summed E-state index contributed by atoms with van der Waals surface area (Å²) in [5.74, 6) is 0.641. The highest BCUT2D eigenvalue weighted by atomic mass is 127. The van der Waals surface area contributed by atoms with Gasteiger partial charge in [0.1, 0.15) is 18.7 Å². The van der Waals surface area contributed by atoms with Crippen LogP contribution in [0.1, 0.15) is 31.2 Å². The maximum Gasteiger partial charge on any atom is 0.167 e. The molecule has 142 valence electrons. The number of anilines is 1. The van der Waals surface area contributed by atoms with Crippen LogP contribution < -0.4 is 5.32 Å². The lowest BCUT2D eigenvalue weighted by Crippen LogP contribution is -2.24. The Morgan fingerprint density at radius 1 is 1.30 bits per heavy atom. The van der Waals surface area contributed by atoms with Crippen molar-refractivity contribution in [3.8, 4) is 0 Å². The van der Waals surface area contributed by atoms with E-state index >= 15 is 0 Å². The number of nitrogens with one attached hydrogen (secondary N) is 1. The van der Waals surface area contributed by atoms with E-state index in [2.05, 4.69) is 74.0 Å². The SMILES string of the molecule is CC(Nc1ncnc2c1ncn2[C@H]1C[C@H](O)[C@@H](CO)O1)c1ccc(I)cc1. The fourth-order valence-corrected chi connectivity index (χ4v) is 3.62. The van der Waals surface area contributed by atoms with Crippen molar-refractivity contribution in [2.24, 2.45) is 0 Å². The van der Waals surface area contributed by atoms with Crippen LogP contribution in [0.2, 0.25) is 0 Å². The molecule has 1 aliphatic heterocycles. The van der Waals surface area contributed by atoms with E-state index < -0.39 is 18.4 Å². The lowest BCUT2D eigenvalue weighted by molar-refractivity contribution is -0.0432. The number of aromatic nitrogens is 4.